The molecule has 0 aliphatic carbocycles. The molecule has 3 rings (SSSR count). The summed E-state index contributed by atoms with van der Waals surface area (Å²) in [6.07, 6.45) is 1.48. The summed E-state index contributed by atoms with van der Waals surface area (Å²) in [5, 5.41) is 14.1. The minimum atomic E-state index is -0.153. The summed E-state index contributed by atoms with van der Waals surface area (Å²) in [6, 6.07) is 7.06. The number of thiophene rings is 1. The molecule has 7 nitrogen and oxygen atoms in total. The van der Waals surface area contributed by atoms with Crippen LogP contribution in [0.2, 0.25) is 0 Å². The van der Waals surface area contributed by atoms with Gasteiger partial charge in [-0.25, -0.2) is 0 Å². The van der Waals surface area contributed by atoms with Gasteiger partial charge in [-0.15, -0.1) is 11.3 Å². The topological polar surface area (TPSA) is 89.6 Å². The lowest BCUT2D eigenvalue weighted by Crippen LogP contribution is -2.50. The summed E-state index contributed by atoms with van der Waals surface area (Å²) in [7, 11) is 0. The summed E-state index contributed by atoms with van der Waals surface area (Å²) < 4.78 is 5.13. The Morgan fingerprint density at radius 3 is 2.75 bits per heavy atom. The summed E-state index contributed by atoms with van der Waals surface area (Å²) in [6.45, 7) is 2.58. The smallest absolute Gasteiger partial charge is 0.289 e. The van der Waals surface area contributed by atoms with Crippen LogP contribution >= 0.6 is 11.3 Å². The van der Waals surface area contributed by atoms with Crippen molar-refractivity contribution in [3.05, 3.63) is 41.2 Å². The third-order valence-electron chi connectivity index (χ3n) is 3.80. The number of amides is 2. The van der Waals surface area contributed by atoms with Gasteiger partial charge in [0.2, 0.25) is 5.91 Å². The van der Waals surface area contributed by atoms with E-state index >= 15 is 0 Å². The number of carbonyl (C=O) groups is 2. The Kier molecular flexibility index (Phi) is 4.93. The first-order valence-corrected chi connectivity index (χ1v) is 8.38. The molecule has 1 fully saturated rings. The minimum Gasteiger partial charge on any atom is -0.459 e. The number of rotatable bonds is 4. The largest absolute Gasteiger partial charge is 0.459 e. The molecule has 24 heavy (non-hydrogen) atoms. The van der Waals surface area contributed by atoms with E-state index < -0.39 is 0 Å². The highest BCUT2D eigenvalue weighted by Crippen LogP contribution is 2.22. The van der Waals surface area contributed by atoms with Gasteiger partial charge in [0.05, 0.1) is 18.4 Å². The molecule has 2 aromatic rings. The molecule has 0 spiro atoms. The van der Waals surface area contributed by atoms with Crippen LogP contribution in [-0.2, 0) is 4.79 Å². The van der Waals surface area contributed by atoms with Crippen LogP contribution in [0.4, 0.5) is 5.00 Å². The van der Waals surface area contributed by atoms with Crippen molar-refractivity contribution in [3.8, 4) is 6.07 Å². The number of carbonyl (C=O) groups excluding carboxylic acids is 2. The van der Waals surface area contributed by atoms with Crippen molar-refractivity contribution >= 4 is 28.2 Å². The molecular weight excluding hydrogens is 328 g/mol. The van der Waals surface area contributed by atoms with Crippen LogP contribution in [0.3, 0.4) is 0 Å². The highest BCUT2D eigenvalue weighted by molar-refractivity contribution is 7.14. The van der Waals surface area contributed by atoms with Crippen LogP contribution in [0.15, 0.2) is 34.3 Å². The van der Waals surface area contributed by atoms with Gasteiger partial charge in [-0.2, -0.15) is 5.26 Å². The van der Waals surface area contributed by atoms with Crippen molar-refractivity contribution in [3.63, 3.8) is 0 Å². The monoisotopic (exact) mass is 344 g/mol. The third kappa shape index (κ3) is 3.64. The quantitative estimate of drug-likeness (QED) is 0.910. The second-order valence-corrected chi connectivity index (χ2v) is 6.29. The third-order valence-corrected chi connectivity index (χ3v) is 4.63. The number of furan rings is 1. The van der Waals surface area contributed by atoms with Gasteiger partial charge in [0, 0.05) is 26.2 Å². The van der Waals surface area contributed by atoms with E-state index in [0.29, 0.717) is 42.5 Å². The fraction of sp³-hybridized carbons (Fsp3) is 0.312. The van der Waals surface area contributed by atoms with Crippen molar-refractivity contribution < 1.29 is 14.0 Å². The molecule has 1 N–H and O–H groups in total. The maximum atomic E-state index is 12.2. The molecule has 8 heteroatoms. The van der Waals surface area contributed by atoms with Gasteiger partial charge in [-0.1, -0.05) is 0 Å². The second-order valence-electron chi connectivity index (χ2n) is 5.37. The Morgan fingerprint density at radius 1 is 1.29 bits per heavy atom. The van der Waals surface area contributed by atoms with Crippen LogP contribution in [0.5, 0.6) is 0 Å². The molecule has 0 bridgehead atoms. The van der Waals surface area contributed by atoms with E-state index in [2.05, 4.69) is 5.32 Å². The minimum absolute atomic E-state index is 0.124. The van der Waals surface area contributed by atoms with Gasteiger partial charge in [0.1, 0.15) is 11.1 Å². The number of nitrogens with one attached hydrogen (secondary N) is 1. The van der Waals surface area contributed by atoms with Gasteiger partial charge in [0.15, 0.2) is 5.76 Å². The number of nitrogens with zero attached hydrogens (tertiary/aromatic N) is 3. The lowest BCUT2D eigenvalue weighted by atomic mass is 10.2. The van der Waals surface area contributed by atoms with Gasteiger partial charge in [0.25, 0.3) is 5.91 Å². The van der Waals surface area contributed by atoms with E-state index in [1.165, 1.54) is 17.6 Å². The molecule has 2 aromatic heterocycles. The first kappa shape index (κ1) is 16.2. The van der Waals surface area contributed by atoms with E-state index in [4.69, 9.17) is 9.68 Å². The highest BCUT2D eigenvalue weighted by Gasteiger charge is 2.24. The van der Waals surface area contributed by atoms with E-state index in [9.17, 15) is 9.59 Å². The predicted octanol–water partition coefficient (Wildman–Crippen LogP) is 1.61. The van der Waals surface area contributed by atoms with Crippen LogP contribution in [0.1, 0.15) is 16.1 Å². The molecule has 0 atom stereocenters. The van der Waals surface area contributed by atoms with Crippen LogP contribution < -0.4 is 5.32 Å². The molecule has 1 aliphatic heterocycles. The van der Waals surface area contributed by atoms with Crippen molar-refractivity contribution in [2.45, 2.75) is 0 Å². The lowest BCUT2D eigenvalue weighted by Gasteiger charge is -2.33. The molecule has 1 aliphatic rings. The number of piperazine rings is 1. The second kappa shape index (κ2) is 7.29. The zero-order valence-electron chi connectivity index (χ0n) is 12.9. The van der Waals surface area contributed by atoms with Crippen molar-refractivity contribution in [2.24, 2.45) is 0 Å². The van der Waals surface area contributed by atoms with Gasteiger partial charge < -0.3 is 14.6 Å². The molecule has 0 saturated carbocycles. The zero-order chi connectivity index (χ0) is 16.9. The fourth-order valence-corrected chi connectivity index (χ4v) is 3.28. The van der Waals surface area contributed by atoms with Gasteiger partial charge in [-0.05, 0) is 23.6 Å². The number of anilines is 1. The molecule has 2 amide bonds. The lowest BCUT2D eigenvalue weighted by molar-refractivity contribution is -0.117. The Morgan fingerprint density at radius 2 is 2.08 bits per heavy atom. The number of nitriles is 1. The van der Waals surface area contributed by atoms with Crippen molar-refractivity contribution in [2.75, 3.05) is 38.0 Å². The zero-order valence-corrected chi connectivity index (χ0v) is 13.7. The average molecular weight is 344 g/mol. The van der Waals surface area contributed by atoms with Crippen molar-refractivity contribution in [1.29, 1.82) is 5.26 Å². The van der Waals surface area contributed by atoms with Crippen LogP contribution in [0.25, 0.3) is 0 Å². The van der Waals surface area contributed by atoms with E-state index in [1.807, 2.05) is 11.0 Å². The molecule has 1 saturated heterocycles. The first-order chi connectivity index (χ1) is 11.7. The van der Waals surface area contributed by atoms with E-state index in [1.54, 1.807) is 28.5 Å². The van der Waals surface area contributed by atoms with Gasteiger partial charge in [-0.3, -0.25) is 14.5 Å². The normalized spacial score (nSPS) is 15.0. The van der Waals surface area contributed by atoms with Gasteiger partial charge >= 0.3 is 0 Å². The standard InChI is InChI=1S/C16H16N4O3S/c17-10-12-3-9-24-15(12)18-14(21)11-19-4-6-20(7-5-19)16(22)13-2-1-8-23-13/h1-3,8-9H,4-7,11H2,(H,18,21). The Balaban J connectivity index is 1.48. The first-order valence-electron chi connectivity index (χ1n) is 7.50. The molecule has 124 valence electrons. The summed E-state index contributed by atoms with van der Waals surface area (Å²) in [4.78, 5) is 28.0. The van der Waals surface area contributed by atoms with E-state index in [0.717, 1.165) is 0 Å². The predicted molar refractivity (Wildman–Crippen MR) is 88.7 cm³/mol. The molecule has 3 heterocycles. The summed E-state index contributed by atoms with van der Waals surface area (Å²) >= 11 is 1.33. The number of hydrogen-bond donors (Lipinski definition) is 1. The Hall–Kier alpha value is -2.63. The molecule has 0 aromatic carbocycles. The SMILES string of the molecule is N#Cc1ccsc1NC(=O)CN1CCN(C(=O)c2ccco2)CC1. The molecule has 0 unspecified atom stereocenters. The molecule has 0 radical (unpaired) electrons. The van der Waals surface area contributed by atoms with E-state index in [-0.39, 0.29) is 18.4 Å². The highest BCUT2D eigenvalue weighted by atomic mass is 32.1. The van der Waals surface area contributed by atoms with Crippen LogP contribution in [0, 0.1) is 11.3 Å². The van der Waals surface area contributed by atoms with Crippen molar-refractivity contribution in [1.82, 2.24) is 9.80 Å². The maximum Gasteiger partial charge on any atom is 0.289 e. The van der Waals surface area contributed by atoms with Crippen LogP contribution in [-0.4, -0.2) is 54.3 Å². The molecular formula is C16H16N4O3S. The Labute approximate surface area is 143 Å². The summed E-state index contributed by atoms with van der Waals surface area (Å²) in [5.74, 6) is 0.0593. The maximum absolute atomic E-state index is 12.2. The number of hydrogen-bond acceptors (Lipinski definition) is 6. The fourth-order valence-electron chi connectivity index (χ4n) is 2.53. The average Bonchev–Trinajstić information content (AvgIpc) is 3.26. The Bertz CT molecular complexity index is 755. The summed E-state index contributed by atoms with van der Waals surface area (Å²) in [5.41, 5.74) is 0.474.